The number of pyridine rings is 1. The lowest BCUT2D eigenvalue weighted by Gasteiger charge is -2.19. The number of nitrogens with two attached hydrogens (primary N) is 1. The van der Waals surface area contributed by atoms with Gasteiger partial charge in [0, 0.05) is 18.9 Å². The zero-order valence-electron chi connectivity index (χ0n) is 11.6. The summed E-state index contributed by atoms with van der Waals surface area (Å²) in [6, 6.07) is 3.60. The van der Waals surface area contributed by atoms with Gasteiger partial charge in [0.15, 0.2) is 0 Å². The number of aromatic nitrogens is 3. The molecule has 0 radical (unpaired) electrons. The van der Waals surface area contributed by atoms with E-state index < -0.39 is 0 Å². The molecule has 0 aliphatic rings. The molecule has 0 aliphatic heterocycles. The lowest BCUT2D eigenvalue weighted by molar-refractivity contribution is 0.365. The van der Waals surface area contributed by atoms with Crippen molar-refractivity contribution in [2.75, 3.05) is 20.6 Å². The summed E-state index contributed by atoms with van der Waals surface area (Å²) >= 11 is 6.28. The molecule has 2 heterocycles. The zero-order valence-corrected chi connectivity index (χ0v) is 12.4. The van der Waals surface area contributed by atoms with Crippen LogP contribution in [-0.4, -0.2) is 40.3 Å². The number of hydrogen-bond donors (Lipinski definition) is 2. The molecule has 0 spiro atoms. The Labute approximate surface area is 123 Å². The Balaban J connectivity index is 2.32. The van der Waals surface area contributed by atoms with Gasteiger partial charge >= 0.3 is 0 Å². The van der Waals surface area contributed by atoms with Crippen LogP contribution in [0.3, 0.4) is 0 Å². The highest BCUT2D eigenvalue weighted by atomic mass is 35.5. The average molecular weight is 295 g/mol. The van der Waals surface area contributed by atoms with Crippen molar-refractivity contribution in [1.29, 1.82) is 0 Å². The first-order valence-corrected chi connectivity index (χ1v) is 6.73. The highest BCUT2D eigenvalue weighted by Crippen LogP contribution is 2.27. The summed E-state index contributed by atoms with van der Waals surface area (Å²) in [6.45, 7) is 1.62. The molecule has 0 amide bonds. The minimum atomic E-state index is -0.213. The van der Waals surface area contributed by atoms with Gasteiger partial charge in [-0.25, -0.2) is 5.43 Å². The third-order valence-electron chi connectivity index (χ3n) is 3.07. The van der Waals surface area contributed by atoms with Crippen LogP contribution >= 0.6 is 11.6 Å². The van der Waals surface area contributed by atoms with Gasteiger partial charge in [0.1, 0.15) is 0 Å². The lowest BCUT2D eigenvalue weighted by Crippen LogP contribution is -2.32. The largest absolute Gasteiger partial charge is 0.308 e. The van der Waals surface area contributed by atoms with Gasteiger partial charge in [0.2, 0.25) is 0 Å². The molecule has 1 atom stereocenters. The van der Waals surface area contributed by atoms with E-state index in [-0.39, 0.29) is 6.04 Å². The molecule has 2 aromatic heterocycles. The molecule has 6 nitrogen and oxygen atoms in total. The van der Waals surface area contributed by atoms with E-state index in [2.05, 4.69) is 20.4 Å². The van der Waals surface area contributed by atoms with Crippen molar-refractivity contribution in [1.82, 2.24) is 25.1 Å². The quantitative estimate of drug-likeness (QED) is 0.615. The van der Waals surface area contributed by atoms with Gasteiger partial charge in [-0.2, -0.15) is 5.10 Å². The first-order chi connectivity index (χ1) is 9.63. The molecule has 2 rings (SSSR count). The van der Waals surface area contributed by atoms with Gasteiger partial charge in [-0.05, 0) is 31.8 Å². The Kier molecular flexibility index (Phi) is 5.08. The van der Waals surface area contributed by atoms with Crippen molar-refractivity contribution in [3.63, 3.8) is 0 Å². The van der Waals surface area contributed by atoms with E-state index in [1.54, 1.807) is 18.6 Å². The van der Waals surface area contributed by atoms with Gasteiger partial charge in [-0.15, -0.1) is 0 Å². The number of hydrazine groups is 1. The van der Waals surface area contributed by atoms with Crippen LogP contribution in [-0.2, 0) is 6.54 Å². The summed E-state index contributed by atoms with van der Waals surface area (Å²) in [4.78, 5) is 6.11. The SMILES string of the molecule is CN(C)CCn1ncc(Cl)c1C(NN)c1ccncc1. The van der Waals surface area contributed by atoms with Crippen LogP contribution < -0.4 is 11.3 Å². The molecule has 0 saturated heterocycles. The van der Waals surface area contributed by atoms with Crippen LogP contribution in [0.5, 0.6) is 0 Å². The fourth-order valence-corrected chi connectivity index (χ4v) is 2.27. The Bertz CT molecular complexity index is 539. The third-order valence-corrected chi connectivity index (χ3v) is 3.36. The van der Waals surface area contributed by atoms with Gasteiger partial charge in [0.05, 0.1) is 29.5 Å². The molecule has 0 fully saturated rings. The van der Waals surface area contributed by atoms with E-state index in [4.69, 9.17) is 17.4 Å². The van der Waals surface area contributed by atoms with Gasteiger partial charge < -0.3 is 4.90 Å². The predicted molar refractivity (Wildman–Crippen MR) is 79.2 cm³/mol. The number of likely N-dealkylation sites (N-methyl/N-ethyl adjacent to an activating group) is 1. The van der Waals surface area contributed by atoms with E-state index in [9.17, 15) is 0 Å². The number of nitrogens with one attached hydrogen (secondary N) is 1. The van der Waals surface area contributed by atoms with Gasteiger partial charge in [-0.3, -0.25) is 15.5 Å². The first kappa shape index (κ1) is 14.9. The fraction of sp³-hybridized carbons (Fsp3) is 0.385. The Morgan fingerprint density at radius 1 is 1.40 bits per heavy atom. The Hall–Kier alpha value is -1.47. The standard InChI is InChI=1S/C13H19ClN6/c1-19(2)7-8-20-13(11(14)9-17-20)12(18-15)10-3-5-16-6-4-10/h3-6,9,12,18H,7-8,15H2,1-2H3. The average Bonchev–Trinajstić information content (AvgIpc) is 2.80. The summed E-state index contributed by atoms with van der Waals surface area (Å²) < 4.78 is 1.88. The number of rotatable bonds is 6. The number of halogens is 1. The maximum Gasteiger partial charge on any atom is 0.0894 e. The molecule has 20 heavy (non-hydrogen) atoms. The fourth-order valence-electron chi connectivity index (χ4n) is 2.02. The van der Waals surface area contributed by atoms with Crippen molar-refractivity contribution < 1.29 is 0 Å². The predicted octanol–water partition coefficient (Wildman–Crippen LogP) is 1.05. The van der Waals surface area contributed by atoms with Crippen molar-refractivity contribution in [2.24, 2.45) is 5.84 Å². The second kappa shape index (κ2) is 6.81. The minimum Gasteiger partial charge on any atom is -0.308 e. The summed E-state index contributed by atoms with van der Waals surface area (Å²) in [6.07, 6.45) is 5.11. The summed E-state index contributed by atoms with van der Waals surface area (Å²) in [5.41, 5.74) is 4.66. The number of hydrogen-bond acceptors (Lipinski definition) is 5. The maximum atomic E-state index is 6.28. The smallest absolute Gasteiger partial charge is 0.0894 e. The van der Waals surface area contributed by atoms with Gasteiger partial charge in [0.25, 0.3) is 0 Å². The van der Waals surface area contributed by atoms with E-state index in [1.165, 1.54) is 0 Å². The normalized spacial score (nSPS) is 12.8. The highest BCUT2D eigenvalue weighted by Gasteiger charge is 2.21. The second-order valence-electron chi connectivity index (χ2n) is 4.78. The topological polar surface area (TPSA) is 72.0 Å². The summed E-state index contributed by atoms with van der Waals surface area (Å²) in [5.74, 6) is 5.71. The molecule has 0 aliphatic carbocycles. The molecular weight excluding hydrogens is 276 g/mol. The lowest BCUT2D eigenvalue weighted by atomic mass is 10.1. The van der Waals surface area contributed by atoms with Crippen LogP contribution in [0.4, 0.5) is 0 Å². The Morgan fingerprint density at radius 2 is 2.10 bits per heavy atom. The van der Waals surface area contributed by atoms with E-state index >= 15 is 0 Å². The van der Waals surface area contributed by atoms with Crippen molar-refractivity contribution in [2.45, 2.75) is 12.6 Å². The van der Waals surface area contributed by atoms with Crippen molar-refractivity contribution in [3.8, 4) is 0 Å². The van der Waals surface area contributed by atoms with Gasteiger partial charge in [-0.1, -0.05) is 11.6 Å². The zero-order chi connectivity index (χ0) is 14.5. The van der Waals surface area contributed by atoms with Crippen LogP contribution in [0, 0.1) is 0 Å². The molecule has 0 saturated carbocycles. The summed E-state index contributed by atoms with van der Waals surface area (Å²) in [7, 11) is 4.04. The van der Waals surface area contributed by atoms with Crippen LogP contribution in [0.25, 0.3) is 0 Å². The molecule has 7 heteroatoms. The monoisotopic (exact) mass is 294 g/mol. The van der Waals surface area contributed by atoms with E-state index in [1.807, 2.05) is 30.9 Å². The second-order valence-corrected chi connectivity index (χ2v) is 5.19. The molecule has 2 aromatic rings. The molecule has 0 bridgehead atoms. The molecule has 0 aromatic carbocycles. The third kappa shape index (κ3) is 3.34. The highest BCUT2D eigenvalue weighted by molar-refractivity contribution is 6.31. The maximum absolute atomic E-state index is 6.28. The molecular formula is C13H19ClN6. The van der Waals surface area contributed by atoms with E-state index in [0.29, 0.717) is 5.02 Å². The van der Waals surface area contributed by atoms with Crippen molar-refractivity contribution in [3.05, 3.63) is 47.0 Å². The Morgan fingerprint density at radius 3 is 2.70 bits per heavy atom. The first-order valence-electron chi connectivity index (χ1n) is 6.35. The summed E-state index contributed by atoms with van der Waals surface area (Å²) in [5, 5.41) is 4.93. The van der Waals surface area contributed by atoms with Crippen LogP contribution in [0.2, 0.25) is 5.02 Å². The van der Waals surface area contributed by atoms with Crippen LogP contribution in [0.1, 0.15) is 17.3 Å². The molecule has 1 unspecified atom stereocenters. The van der Waals surface area contributed by atoms with Crippen LogP contribution in [0.15, 0.2) is 30.7 Å². The molecule has 3 N–H and O–H groups in total. The van der Waals surface area contributed by atoms with Crippen molar-refractivity contribution >= 4 is 11.6 Å². The number of nitrogens with zero attached hydrogens (tertiary/aromatic N) is 4. The molecule has 108 valence electrons. The minimum absolute atomic E-state index is 0.213. The van der Waals surface area contributed by atoms with E-state index in [0.717, 1.165) is 24.3 Å².